The first-order chi connectivity index (χ1) is 11.7. The highest BCUT2D eigenvalue weighted by Crippen LogP contribution is 2.22. The van der Waals surface area contributed by atoms with E-state index >= 15 is 0 Å². The predicted molar refractivity (Wildman–Crippen MR) is 112 cm³/mol. The van der Waals surface area contributed by atoms with Gasteiger partial charge in [-0.05, 0) is 55.9 Å². The molecule has 0 bridgehead atoms. The average molecular weight is 402 g/mol. The second kappa shape index (κ2) is 11.1. The van der Waals surface area contributed by atoms with Gasteiger partial charge in [-0.25, -0.2) is 0 Å². The third-order valence-corrected chi connectivity index (χ3v) is 5.38. The largest absolute Gasteiger partial charge is 0.353 e. The van der Waals surface area contributed by atoms with Crippen molar-refractivity contribution in [3.63, 3.8) is 0 Å². The van der Waals surface area contributed by atoms with Crippen LogP contribution in [0.5, 0.6) is 0 Å². The second-order valence-electron chi connectivity index (χ2n) is 7.49. The topological polar surface area (TPSA) is 44.4 Å². The molecule has 0 saturated carbocycles. The minimum Gasteiger partial charge on any atom is -0.353 e. The molecule has 2 N–H and O–H groups in total. The van der Waals surface area contributed by atoms with Crippen molar-refractivity contribution >= 4 is 30.7 Å². The van der Waals surface area contributed by atoms with Gasteiger partial charge in [0.1, 0.15) is 0 Å². The maximum Gasteiger partial charge on any atom is 0.237 e. The van der Waals surface area contributed by atoms with Crippen molar-refractivity contribution < 1.29 is 4.79 Å². The molecule has 2 aliphatic heterocycles. The van der Waals surface area contributed by atoms with Crippen LogP contribution >= 0.6 is 24.8 Å². The number of carbonyl (C=O) groups excluding carboxylic acids is 1. The van der Waals surface area contributed by atoms with E-state index < -0.39 is 0 Å². The van der Waals surface area contributed by atoms with Crippen LogP contribution in [0.1, 0.15) is 50.3 Å². The first-order valence-electron chi connectivity index (χ1n) is 9.50. The molecule has 1 saturated heterocycles. The van der Waals surface area contributed by atoms with Gasteiger partial charge in [-0.2, -0.15) is 0 Å². The van der Waals surface area contributed by atoms with Gasteiger partial charge < -0.3 is 10.6 Å². The summed E-state index contributed by atoms with van der Waals surface area (Å²) in [6.45, 7) is 8.09. The summed E-state index contributed by atoms with van der Waals surface area (Å²) >= 11 is 0. The number of nitrogens with zero attached hydrogens (tertiary/aromatic N) is 1. The molecule has 0 aromatic heterocycles. The third-order valence-electron chi connectivity index (χ3n) is 5.38. The van der Waals surface area contributed by atoms with E-state index in [2.05, 4.69) is 53.6 Å². The molecule has 2 atom stereocenters. The molecule has 1 aromatic carbocycles. The normalized spacial score (nSPS) is 21.1. The number of nitrogens with one attached hydrogen (secondary N) is 2. The van der Waals surface area contributed by atoms with E-state index in [1.165, 1.54) is 30.4 Å². The number of hydrogen-bond donors (Lipinski definition) is 2. The van der Waals surface area contributed by atoms with E-state index in [4.69, 9.17) is 0 Å². The van der Waals surface area contributed by atoms with Crippen molar-refractivity contribution in [3.8, 4) is 0 Å². The van der Waals surface area contributed by atoms with Gasteiger partial charge in [0.15, 0.2) is 0 Å². The Labute approximate surface area is 170 Å². The number of halogens is 2. The summed E-state index contributed by atoms with van der Waals surface area (Å²) in [4.78, 5) is 15.2. The highest BCUT2D eigenvalue weighted by molar-refractivity contribution is 5.85. The van der Waals surface area contributed by atoms with E-state index in [1.807, 2.05) is 0 Å². The van der Waals surface area contributed by atoms with Crippen LogP contribution in [0.4, 0.5) is 0 Å². The number of likely N-dealkylation sites (tertiary alicyclic amines) is 1. The zero-order valence-electron chi connectivity index (χ0n) is 15.9. The lowest BCUT2D eigenvalue weighted by atomic mass is 9.94. The zero-order chi connectivity index (χ0) is 16.9. The van der Waals surface area contributed by atoms with Gasteiger partial charge in [0.05, 0.1) is 6.04 Å². The fourth-order valence-corrected chi connectivity index (χ4v) is 4.17. The number of amides is 1. The second-order valence-corrected chi connectivity index (χ2v) is 7.49. The summed E-state index contributed by atoms with van der Waals surface area (Å²) < 4.78 is 0. The summed E-state index contributed by atoms with van der Waals surface area (Å²) in [5, 5.41) is 6.78. The third kappa shape index (κ3) is 5.59. The molecule has 3 rings (SSSR count). The number of hydrogen-bond acceptors (Lipinski definition) is 3. The predicted octanol–water partition coefficient (Wildman–Crippen LogP) is 3.34. The van der Waals surface area contributed by atoms with Crippen LogP contribution in [-0.4, -0.2) is 43.0 Å². The van der Waals surface area contributed by atoms with Crippen molar-refractivity contribution in [1.82, 2.24) is 15.5 Å². The Bertz CT molecular complexity index is 562. The van der Waals surface area contributed by atoms with Crippen molar-refractivity contribution in [1.29, 1.82) is 0 Å². The summed E-state index contributed by atoms with van der Waals surface area (Å²) in [5.41, 5.74) is 2.75. The fraction of sp³-hybridized carbons (Fsp3) is 0.650. The molecule has 2 aliphatic rings. The molecule has 148 valence electrons. The van der Waals surface area contributed by atoms with Gasteiger partial charge in [0, 0.05) is 12.6 Å². The Morgan fingerprint density at radius 2 is 1.88 bits per heavy atom. The molecular weight excluding hydrogens is 369 g/mol. The molecule has 26 heavy (non-hydrogen) atoms. The zero-order valence-corrected chi connectivity index (χ0v) is 17.5. The summed E-state index contributed by atoms with van der Waals surface area (Å²) in [7, 11) is 0. The lowest BCUT2D eigenvalue weighted by Gasteiger charge is -2.36. The minimum absolute atomic E-state index is 0. The molecule has 2 heterocycles. The van der Waals surface area contributed by atoms with E-state index in [1.54, 1.807) is 0 Å². The van der Waals surface area contributed by atoms with Gasteiger partial charge >= 0.3 is 0 Å². The lowest BCUT2D eigenvalue weighted by molar-refractivity contribution is -0.128. The standard InChI is InChI=1S/C20H31N3O.2ClH/c1-15(2)19(23-12-6-3-7-13-23)20(24)22-14-18-17-9-5-4-8-16(17)10-11-21-18;;/h4-5,8-9,15,18-19,21H,3,6-7,10-14H2,1-2H3,(H,22,24);2*1H. The lowest BCUT2D eigenvalue weighted by Crippen LogP contribution is -2.52. The van der Waals surface area contributed by atoms with Gasteiger partial charge in [0.2, 0.25) is 5.91 Å². The van der Waals surface area contributed by atoms with Gasteiger partial charge in [-0.3, -0.25) is 9.69 Å². The molecule has 0 radical (unpaired) electrons. The number of rotatable bonds is 5. The first-order valence-corrected chi connectivity index (χ1v) is 9.50. The molecule has 1 amide bonds. The van der Waals surface area contributed by atoms with E-state index in [0.29, 0.717) is 12.5 Å². The van der Waals surface area contributed by atoms with E-state index in [9.17, 15) is 4.79 Å². The van der Waals surface area contributed by atoms with Gasteiger partial charge in [-0.15, -0.1) is 24.8 Å². The maximum absolute atomic E-state index is 12.9. The highest BCUT2D eigenvalue weighted by Gasteiger charge is 2.30. The smallest absolute Gasteiger partial charge is 0.237 e. The molecular formula is C20H33Cl2N3O. The molecule has 2 unspecified atom stereocenters. The Kier molecular flexibility index (Phi) is 9.94. The SMILES string of the molecule is CC(C)C(C(=O)NCC1NCCc2ccccc21)N1CCCCC1.Cl.Cl. The van der Waals surface area contributed by atoms with Crippen LogP contribution in [0.2, 0.25) is 0 Å². The number of benzene rings is 1. The summed E-state index contributed by atoms with van der Waals surface area (Å²) in [6.07, 6.45) is 4.80. The Morgan fingerprint density at radius 3 is 2.58 bits per heavy atom. The molecule has 1 fully saturated rings. The fourth-order valence-electron chi connectivity index (χ4n) is 4.17. The Morgan fingerprint density at radius 1 is 1.19 bits per heavy atom. The van der Waals surface area contributed by atoms with Gasteiger partial charge in [0.25, 0.3) is 0 Å². The quantitative estimate of drug-likeness (QED) is 0.794. The monoisotopic (exact) mass is 401 g/mol. The summed E-state index contributed by atoms with van der Waals surface area (Å²) in [5.74, 6) is 0.534. The van der Waals surface area contributed by atoms with E-state index in [-0.39, 0.29) is 42.8 Å². The number of carbonyl (C=O) groups is 1. The first kappa shape index (κ1) is 23.2. The molecule has 0 aliphatic carbocycles. The van der Waals surface area contributed by atoms with Crippen LogP contribution in [0.3, 0.4) is 0 Å². The van der Waals surface area contributed by atoms with Crippen LogP contribution < -0.4 is 10.6 Å². The van der Waals surface area contributed by atoms with Gasteiger partial charge in [-0.1, -0.05) is 44.5 Å². The number of fused-ring (bicyclic) bond motifs is 1. The maximum atomic E-state index is 12.9. The number of piperidine rings is 1. The van der Waals surface area contributed by atoms with Crippen molar-refractivity contribution in [3.05, 3.63) is 35.4 Å². The van der Waals surface area contributed by atoms with Crippen molar-refractivity contribution in [2.75, 3.05) is 26.2 Å². The molecule has 6 heteroatoms. The Hall–Kier alpha value is -0.810. The Balaban J connectivity index is 0.00000169. The van der Waals surface area contributed by atoms with Crippen LogP contribution in [0, 0.1) is 5.92 Å². The van der Waals surface area contributed by atoms with Crippen molar-refractivity contribution in [2.24, 2.45) is 5.92 Å². The van der Waals surface area contributed by atoms with Crippen LogP contribution in [0.15, 0.2) is 24.3 Å². The van der Waals surface area contributed by atoms with Crippen LogP contribution in [-0.2, 0) is 11.2 Å². The average Bonchev–Trinajstić information content (AvgIpc) is 2.60. The van der Waals surface area contributed by atoms with Crippen LogP contribution in [0.25, 0.3) is 0 Å². The highest BCUT2D eigenvalue weighted by atomic mass is 35.5. The molecule has 0 spiro atoms. The van der Waals surface area contributed by atoms with E-state index in [0.717, 1.165) is 26.1 Å². The van der Waals surface area contributed by atoms with Crippen molar-refractivity contribution in [2.45, 2.75) is 51.6 Å². The summed E-state index contributed by atoms with van der Waals surface area (Å²) in [6, 6.07) is 8.81. The molecule has 4 nitrogen and oxygen atoms in total. The minimum atomic E-state index is 0. The molecule has 1 aromatic rings.